The number of benzene rings is 1. The molecule has 1 aromatic rings. The van der Waals surface area contributed by atoms with E-state index in [9.17, 15) is 0 Å². The molecule has 0 unspecified atom stereocenters. The Morgan fingerprint density at radius 3 is 2.75 bits per heavy atom. The van der Waals surface area contributed by atoms with Crippen LogP contribution in [0.1, 0.15) is 18.9 Å². The smallest absolute Gasteiger partial charge is 0.119 e. The first-order valence-corrected chi connectivity index (χ1v) is 7.75. The monoisotopic (exact) mass is 345 g/mol. The normalized spacial score (nSPS) is 10.8. The zero-order valence-electron chi connectivity index (χ0n) is 12.3. The summed E-state index contributed by atoms with van der Waals surface area (Å²) in [6.45, 7) is 6.53. The number of ether oxygens (including phenoxy) is 3. The van der Waals surface area contributed by atoms with Crippen LogP contribution in [0.4, 0.5) is 0 Å². The van der Waals surface area contributed by atoms with Crippen LogP contribution in [0, 0.1) is 0 Å². The van der Waals surface area contributed by atoms with Crippen LogP contribution in [-0.4, -0.2) is 40.1 Å². The van der Waals surface area contributed by atoms with Gasteiger partial charge in [0.2, 0.25) is 0 Å². The Labute approximate surface area is 129 Å². The summed E-state index contributed by atoms with van der Waals surface area (Å²) in [5, 5.41) is 3.31. The van der Waals surface area contributed by atoms with Crippen molar-refractivity contribution in [2.24, 2.45) is 0 Å². The third-order valence-electron chi connectivity index (χ3n) is 2.72. The molecule has 0 aromatic heterocycles. The largest absolute Gasteiger partial charge is 0.493 e. The van der Waals surface area contributed by atoms with E-state index < -0.39 is 0 Å². The van der Waals surface area contributed by atoms with Crippen molar-refractivity contribution in [1.82, 2.24) is 5.32 Å². The fourth-order valence-electron chi connectivity index (χ4n) is 1.63. The van der Waals surface area contributed by atoms with E-state index in [2.05, 4.69) is 34.2 Å². The van der Waals surface area contributed by atoms with E-state index in [1.54, 1.807) is 7.11 Å². The van der Waals surface area contributed by atoms with E-state index in [1.165, 1.54) is 5.56 Å². The standard InChI is InChI=1S/C15H24BrNO3/c1-3-17-12-13-11-14(5-6-15(13)16)20-8-4-7-19-10-9-18-2/h5-6,11,17H,3-4,7-10,12H2,1-2H3. The maximum absolute atomic E-state index is 5.73. The molecule has 0 amide bonds. The molecule has 0 saturated carbocycles. The van der Waals surface area contributed by atoms with Crippen molar-refractivity contribution < 1.29 is 14.2 Å². The lowest BCUT2D eigenvalue weighted by Gasteiger charge is -2.10. The average Bonchev–Trinajstić information content (AvgIpc) is 2.46. The van der Waals surface area contributed by atoms with Gasteiger partial charge < -0.3 is 19.5 Å². The minimum absolute atomic E-state index is 0.640. The van der Waals surface area contributed by atoms with Crippen LogP contribution in [0.15, 0.2) is 22.7 Å². The number of hydrogen-bond acceptors (Lipinski definition) is 4. The molecule has 1 aromatic carbocycles. The molecule has 0 atom stereocenters. The fourth-order valence-corrected chi connectivity index (χ4v) is 2.02. The Morgan fingerprint density at radius 1 is 1.15 bits per heavy atom. The summed E-state index contributed by atoms with van der Waals surface area (Å²) in [5.41, 5.74) is 1.21. The Morgan fingerprint density at radius 2 is 2.00 bits per heavy atom. The van der Waals surface area contributed by atoms with Gasteiger partial charge in [0.25, 0.3) is 0 Å². The molecule has 0 aliphatic carbocycles. The molecule has 0 aliphatic heterocycles. The molecule has 1 rings (SSSR count). The molecule has 0 spiro atoms. The van der Waals surface area contributed by atoms with Crippen LogP contribution in [0.25, 0.3) is 0 Å². The van der Waals surface area contributed by atoms with Crippen molar-refractivity contribution in [2.45, 2.75) is 19.9 Å². The first kappa shape index (κ1) is 17.4. The average molecular weight is 346 g/mol. The van der Waals surface area contributed by atoms with Crippen LogP contribution in [0.2, 0.25) is 0 Å². The van der Waals surface area contributed by atoms with Crippen molar-refractivity contribution in [1.29, 1.82) is 0 Å². The van der Waals surface area contributed by atoms with Gasteiger partial charge in [-0.25, -0.2) is 0 Å². The molecule has 1 N–H and O–H groups in total. The first-order chi connectivity index (χ1) is 9.77. The summed E-state index contributed by atoms with van der Waals surface area (Å²) < 4.78 is 17.1. The van der Waals surface area contributed by atoms with E-state index in [1.807, 2.05) is 12.1 Å². The van der Waals surface area contributed by atoms with Gasteiger partial charge in [0.05, 0.1) is 19.8 Å². The summed E-state index contributed by atoms with van der Waals surface area (Å²) in [7, 11) is 1.67. The molecule has 0 bridgehead atoms. The number of hydrogen-bond donors (Lipinski definition) is 1. The number of methoxy groups -OCH3 is 1. The lowest BCUT2D eigenvalue weighted by atomic mass is 10.2. The highest BCUT2D eigenvalue weighted by molar-refractivity contribution is 9.10. The van der Waals surface area contributed by atoms with Gasteiger partial charge in [-0.1, -0.05) is 22.9 Å². The van der Waals surface area contributed by atoms with E-state index in [-0.39, 0.29) is 0 Å². The lowest BCUT2D eigenvalue weighted by molar-refractivity contribution is 0.0644. The highest BCUT2D eigenvalue weighted by Crippen LogP contribution is 2.22. The topological polar surface area (TPSA) is 39.7 Å². The third kappa shape index (κ3) is 7.24. The maximum atomic E-state index is 5.73. The van der Waals surface area contributed by atoms with Crippen LogP contribution in [0.3, 0.4) is 0 Å². The molecule has 114 valence electrons. The molecular weight excluding hydrogens is 322 g/mol. The zero-order valence-corrected chi connectivity index (χ0v) is 13.9. The predicted molar refractivity (Wildman–Crippen MR) is 84.3 cm³/mol. The van der Waals surface area contributed by atoms with Gasteiger partial charge >= 0.3 is 0 Å². The molecule has 0 radical (unpaired) electrons. The molecule has 0 fully saturated rings. The summed E-state index contributed by atoms with van der Waals surface area (Å²) >= 11 is 3.55. The van der Waals surface area contributed by atoms with Crippen molar-refractivity contribution >= 4 is 15.9 Å². The Kier molecular flexibility index (Phi) is 9.66. The van der Waals surface area contributed by atoms with Gasteiger partial charge in [-0.3, -0.25) is 0 Å². The highest BCUT2D eigenvalue weighted by atomic mass is 79.9. The van der Waals surface area contributed by atoms with Gasteiger partial charge in [0.1, 0.15) is 5.75 Å². The molecule has 0 saturated heterocycles. The minimum Gasteiger partial charge on any atom is -0.493 e. The lowest BCUT2D eigenvalue weighted by Crippen LogP contribution is -2.12. The molecular formula is C15H24BrNO3. The van der Waals surface area contributed by atoms with E-state index in [0.717, 1.165) is 29.7 Å². The molecule has 4 nitrogen and oxygen atoms in total. The van der Waals surface area contributed by atoms with Crippen molar-refractivity contribution in [2.75, 3.05) is 40.1 Å². The molecule has 0 heterocycles. The van der Waals surface area contributed by atoms with Gasteiger partial charge in [0, 0.05) is 31.2 Å². The van der Waals surface area contributed by atoms with Gasteiger partial charge in [-0.15, -0.1) is 0 Å². The maximum Gasteiger partial charge on any atom is 0.119 e. The second kappa shape index (κ2) is 11.1. The van der Waals surface area contributed by atoms with E-state index >= 15 is 0 Å². The van der Waals surface area contributed by atoms with Crippen LogP contribution >= 0.6 is 15.9 Å². The van der Waals surface area contributed by atoms with Crippen molar-refractivity contribution in [3.63, 3.8) is 0 Å². The second-order valence-corrected chi connectivity index (χ2v) is 5.20. The predicted octanol–water partition coefficient (Wildman–Crippen LogP) is 2.99. The van der Waals surface area contributed by atoms with Gasteiger partial charge in [0.15, 0.2) is 0 Å². The molecule has 5 heteroatoms. The molecule has 20 heavy (non-hydrogen) atoms. The van der Waals surface area contributed by atoms with Gasteiger partial charge in [-0.05, 0) is 30.3 Å². The molecule has 0 aliphatic rings. The summed E-state index contributed by atoms with van der Waals surface area (Å²) in [6, 6.07) is 6.07. The van der Waals surface area contributed by atoms with Crippen molar-refractivity contribution in [3.8, 4) is 5.75 Å². The van der Waals surface area contributed by atoms with Crippen LogP contribution in [-0.2, 0) is 16.0 Å². The zero-order chi connectivity index (χ0) is 14.6. The number of nitrogens with one attached hydrogen (secondary N) is 1. The summed E-state index contributed by atoms with van der Waals surface area (Å²) in [5.74, 6) is 0.901. The van der Waals surface area contributed by atoms with E-state index in [0.29, 0.717) is 26.4 Å². The summed E-state index contributed by atoms with van der Waals surface area (Å²) in [6.07, 6.45) is 0.877. The minimum atomic E-state index is 0.640. The Bertz CT molecular complexity index is 374. The third-order valence-corrected chi connectivity index (χ3v) is 3.49. The van der Waals surface area contributed by atoms with Crippen molar-refractivity contribution in [3.05, 3.63) is 28.2 Å². The summed E-state index contributed by atoms with van der Waals surface area (Å²) in [4.78, 5) is 0. The Hall–Kier alpha value is -0.620. The number of halogens is 1. The fraction of sp³-hybridized carbons (Fsp3) is 0.600. The highest BCUT2D eigenvalue weighted by Gasteiger charge is 2.02. The SMILES string of the molecule is CCNCc1cc(OCCCOCCOC)ccc1Br. The van der Waals surface area contributed by atoms with E-state index in [4.69, 9.17) is 14.2 Å². The quantitative estimate of drug-likeness (QED) is 0.626. The Balaban J connectivity index is 2.26. The van der Waals surface area contributed by atoms with Crippen LogP contribution in [0.5, 0.6) is 5.75 Å². The van der Waals surface area contributed by atoms with Gasteiger partial charge in [-0.2, -0.15) is 0 Å². The second-order valence-electron chi connectivity index (χ2n) is 4.34. The van der Waals surface area contributed by atoms with Crippen LogP contribution < -0.4 is 10.1 Å². The first-order valence-electron chi connectivity index (χ1n) is 6.96. The number of rotatable bonds is 11.